The molecule has 3 rings (SSSR count). The molecule has 0 radical (unpaired) electrons. The molecule has 1 aliphatic rings. The molecule has 1 saturated heterocycles. The molecule has 7 heteroatoms. The van der Waals surface area contributed by atoms with Crippen molar-refractivity contribution in [1.29, 1.82) is 0 Å². The SMILES string of the molecule is Cc1ncsc1CCNC(=O)N(Cc1ccsc1)C[C@H]1CCCO1. The molecule has 0 saturated carbocycles. The van der Waals surface area contributed by atoms with Gasteiger partial charge in [-0.25, -0.2) is 9.78 Å². The largest absolute Gasteiger partial charge is 0.376 e. The number of amides is 2. The third-order valence-electron chi connectivity index (χ3n) is 4.16. The number of aromatic nitrogens is 1. The van der Waals surface area contributed by atoms with Crippen molar-refractivity contribution in [3.8, 4) is 0 Å². The van der Waals surface area contributed by atoms with Crippen LogP contribution in [0.25, 0.3) is 0 Å². The van der Waals surface area contributed by atoms with E-state index in [0.29, 0.717) is 19.6 Å². The molecule has 0 spiro atoms. The van der Waals surface area contributed by atoms with E-state index in [-0.39, 0.29) is 12.1 Å². The number of hydrogen-bond acceptors (Lipinski definition) is 5. The smallest absolute Gasteiger partial charge is 0.317 e. The Kier molecular flexibility index (Phi) is 6.23. The van der Waals surface area contributed by atoms with Gasteiger partial charge in [0.25, 0.3) is 0 Å². The van der Waals surface area contributed by atoms with Gasteiger partial charge in [0.15, 0.2) is 0 Å². The van der Waals surface area contributed by atoms with Crippen molar-refractivity contribution in [2.24, 2.45) is 0 Å². The van der Waals surface area contributed by atoms with Gasteiger partial charge in [-0.3, -0.25) is 0 Å². The van der Waals surface area contributed by atoms with Crippen molar-refractivity contribution < 1.29 is 9.53 Å². The number of nitrogens with zero attached hydrogens (tertiary/aromatic N) is 2. The summed E-state index contributed by atoms with van der Waals surface area (Å²) in [6, 6.07) is 2.06. The van der Waals surface area contributed by atoms with Gasteiger partial charge in [0, 0.05) is 37.5 Å². The number of ether oxygens (including phenoxy) is 1. The van der Waals surface area contributed by atoms with Crippen molar-refractivity contribution in [1.82, 2.24) is 15.2 Å². The minimum atomic E-state index is -0.0149. The standard InChI is InChI=1S/C17H23N3O2S2/c1-13-16(24-12-19-13)4-6-18-17(21)20(9-14-5-8-23-11-14)10-15-3-2-7-22-15/h5,8,11-12,15H,2-4,6-7,9-10H2,1H3,(H,18,21)/t15-/m1/s1. The van der Waals surface area contributed by atoms with E-state index in [4.69, 9.17) is 4.74 Å². The predicted molar refractivity (Wildman–Crippen MR) is 97.7 cm³/mol. The summed E-state index contributed by atoms with van der Waals surface area (Å²) in [6.07, 6.45) is 3.11. The number of rotatable bonds is 7. The summed E-state index contributed by atoms with van der Waals surface area (Å²) in [6.45, 7) is 4.74. The summed E-state index contributed by atoms with van der Waals surface area (Å²) < 4.78 is 5.71. The van der Waals surface area contributed by atoms with E-state index in [2.05, 4.69) is 21.7 Å². The van der Waals surface area contributed by atoms with Crippen LogP contribution in [0.4, 0.5) is 4.79 Å². The molecule has 1 atom stereocenters. The summed E-state index contributed by atoms with van der Waals surface area (Å²) in [5.41, 5.74) is 4.09. The fraction of sp³-hybridized carbons (Fsp3) is 0.529. The number of carbonyl (C=O) groups excluding carboxylic acids is 1. The first-order valence-corrected chi connectivity index (χ1v) is 10.1. The Balaban J connectivity index is 1.54. The number of aryl methyl sites for hydroxylation is 1. The molecule has 24 heavy (non-hydrogen) atoms. The number of carbonyl (C=O) groups is 1. The lowest BCUT2D eigenvalue weighted by Gasteiger charge is -2.25. The van der Waals surface area contributed by atoms with Crippen molar-refractivity contribution in [3.05, 3.63) is 38.5 Å². The van der Waals surface area contributed by atoms with Gasteiger partial charge in [-0.2, -0.15) is 11.3 Å². The Labute approximate surface area is 150 Å². The summed E-state index contributed by atoms with van der Waals surface area (Å²) in [5, 5.41) is 7.19. The Morgan fingerprint density at radius 1 is 1.54 bits per heavy atom. The van der Waals surface area contributed by atoms with E-state index >= 15 is 0 Å². The second kappa shape index (κ2) is 8.60. The van der Waals surface area contributed by atoms with Gasteiger partial charge in [0.05, 0.1) is 17.3 Å². The first-order valence-electron chi connectivity index (χ1n) is 8.27. The fourth-order valence-electron chi connectivity index (χ4n) is 2.82. The highest BCUT2D eigenvalue weighted by molar-refractivity contribution is 7.09. The van der Waals surface area contributed by atoms with E-state index in [1.807, 2.05) is 22.7 Å². The van der Waals surface area contributed by atoms with E-state index in [1.165, 1.54) is 10.4 Å². The Morgan fingerprint density at radius 2 is 2.46 bits per heavy atom. The molecule has 1 N–H and O–H groups in total. The molecule has 0 aromatic carbocycles. The molecule has 2 aromatic rings. The van der Waals surface area contributed by atoms with Crippen LogP contribution in [0.3, 0.4) is 0 Å². The topological polar surface area (TPSA) is 54.5 Å². The Hall–Kier alpha value is -1.44. The maximum absolute atomic E-state index is 12.6. The predicted octanol–water partition coefficient (Wildman–Crippen LogP) is 3.45. The Bertz CT molecular complexity index is 636. The van der Waals surface area contributed by atoms with Crippen LogP contribution in [-0.4, -0.2) is 41.7 Å². The maximum atomic E-state index is 12.6. The van der Waals surface area contributed by atoms with Crippen molar-refractivity contribution in [2.45, 2.75) is 38.8 Å². The summed E-state index contributed by atoms with van der Waals surface area (Å²) in [7, 11) is 0. The first kappa shape index (κ1) is 17.4. The molecule has 2 amide bonds. The lowest BCUT2D eigenvalue weighted by molar-refractivity contribution is 0.0795. The van der Waals surface area contributed by atoms with Gasteiger partial charge in [-0.05, 0) is 42.2 Å². The normalized spacial score (nSPS) is 17.1. The lowest BCUT2D eigenvalue weighted by atomic mass is 10.2. The van der Waals surface area contributed by atoms with Crippen molar-refractivity contribution >= 4 is 28.7 Å². The summed E-state index contributed by atoms with van der Waals surface area (Å²) in [4.78, 5) is 20.0. The quantitative estimate of drug-likeness (QED) is 0.818. The van der Waals surface area contributed by atoms with Crippen molar-refractivity contribution in [3.63, 3.8) is 0 Å². The summed E-state index contributed by atoms with van der Waals surface area (Å²) >= 11 is 3.30. The van der Waals surface area contributed by atoms with Crippen LogP contribution in [0.2, 0.25) is 0 Å². The molecule has 0 aliphatic carbocycles. The van der Waals surface area contributed by atoms with E-state index in [1.54, 1.807) is 22.7 Å². The molecule has 0 bridgehead atoms. The zero-order valence-electron chi connectivity index (χ0n) is 13.9. The minimum Gasteiger partial charge on any atom is -0.376 e. The maximum Gasteiger partial charge on any atom is 0.317 e. The van der Waals surface area contributed by atoms with Gasteiger partial charge >= 0.3 is 6.03 Å². The van der Waals surface area contributed by atoms with Gasteiger partial charge < -0.3 is 15.0 Å². The highest BCUT2D eigenvalue weighted by Gasteiger charge is 2.22. The third-order valence-corrected chi connectivity index (χ3v) is 5.89. The molecule has 130 valence electrons. The van der Waals surface area contributed by atoms with Crippen LogP contribution >= 0.6 is 22.7 Å². The number of urea groups is 1. The van der Waals surface area contributed by atoms with Crippen LogP contribution in [0, 0.1) is 6.92 Å². The number of thiazole rings is 1. The molecule has 2 aromatic heterocycles. The fourth-order valence-corrected chi connectivity index (χ4v) is 4.26. The minimum absolute atomic E-state index is 0.0149. The molecule has 1 fully saturated rings. The van der Waals surface area contributed by atoms with Crippen LogP contribution in [0.5, 0.6) is 0 Å². The summed E-state index contributed by atoms with van der Waals surface area (Å²) in [5.74, 6) is 0. The molecular weight excluding hydrogens is 342 g/mol. The van der Waals surface area contributed by atoms with Crippen LogP contribution in [0.15, 0.2) is 22.3 Å². The highest BCUT2D eigenvalue weighted by atomic mass is 32.1. The number of nitrogens with one attached hydrogen (secondary N) is 1. The number of hydrogen-bond donors (Lipinski definition) is 1. The zero-order chi connectivity index (χ0) is 16.8. The average Bonchev–Trinajstić information content (AvgIpc) is 3.31. The van der Waals surface area contributed by atoms with Gasteiger partial charge in [0.1, 0.15) is 0 Å². The van der Waals surface area contributed by atoms with Crippen molar-refractivity contribution in [2.75, 3.05) is 19.7 Å². The second-order valence-electron chi connectivity index (χ2n) is 5.99. The van der Waals surface area contributed by atoms with Crippen LogP contribution < -0.4 is 5.32 Å². The molecule has 0 unspecified atom stereocenters. The second-order valence-corrected chi connectivity index (χ2v) is 7.71. The van der Waals surface area contributed by atoms with Gasteiger partial charge in [-0.15, -0.1) is 11.3 Å². The van der Waals surface area contributed by atoms with E-state index < -0.39 is 0 Å². The highest BCUT2D eigenvalue weighted by Crippen LogP contribution is 2.17. The monoisotopic (exact) mass is 365 g/mol. The average molecular weight is 366 g/mol. The van der Waals surface area contributed by atoms with Gasteiger partial charge in [0.2, 0.25) is 0 Å². The zero-order valence-corrected chi connectivity index (χ0v) is 15.5. The van der Waals surface area contributed by atoms with E-state index in [9.17, 15) is 4.79 Å². The van der Waals surface area contributed by atoms with Crippen LogP contribution in [0.1, 0.15) is 29.0 Å². The van der Waals surface area contributed by atoms with E-state index in [0.717, 1.165) is 31.6 Å². The molecular formula is C17H23N3O2S2. The molecule has 1 aliphatic heterocycles. The molecule has 5 nitrogen and oxygen atoms in total. The van der Waals surface area contributed by atoms with Crippen LogP contribution in [-0.2, 0) is 17.7 Å². The van der Waals surface area contributed by atoms with Gasteiger partial charge in [-0.1, -0.05) is 0 Å². The number of thiophene rings is 1. The lowest BCUT2D eigenvalue weighted by Crippen LogP contribution is -2.43. The third kappa shape index (κ3) is 4.78. The first-order chi connectivity index (χ1) is 11.7. The molecule has 3 heterocycles. The Morgan fingerprint density at radius 3 is 3.12 bits per heavy atom.